The summed E-state index contributed by atoms with van der Waals surface area (Å²) in [5, 5.41) is -0.0824. The maximum atomic E-state index is 12.4. The van der Waals surface area contributed by atoms with Crippen molar-refractivity contribution in [2.45, 2.75) is 25.8 Å². The Kier molecular flexibility index (Phi) is 3.80. The Hall–Kier alpha value is -1.53. The molecule has 1 N–H and O–H groups in total. The highest BCUT2D eigenvalue weighted by molar-refractivity contribution is 7.92. The van der Waals surface area contributed by atoms with Crippen LogP contribution in [-0.2, 0) is 17.1 Å². The number of anilines is 1. The van der Waals surface area contributed by atoms with Crippen LogP contribution in [0.25, 0.3) is 0 Å². The molecule has 0 radical (unpaired) electrons. The molecule has 20 heavy (non-hydrogen) atoms. The zero-order valence-corrected chi connectivity index (χ0v) is 13.3. The number of hydrogen-bond donors (Lipinski definition) is 1. The van der Waals surface area contributed by atoms with Crippen LogP contribution in [0.4, 0.5) is 5.69 Å². The third-order valence-corrected chi connectivity index (χ3v) is 4.84. The van der Waals surface area contributed by atoms with Gasteiger partial charge in [0.2, 0.25) is 5.03 Å². The molecule has 2 rings (SSSR count). The van der Waals surface area contributed by atoms with Crippen LogP contribution in [0.5, 0.6) is 0 Å². The molecule has 0 aliphatic carbocycles. The fourth-order valence-electron chi connectivity index (χ4n) is 2.10. The third-order valence-electron chi connectivity index (χ3n) is 3.00. The van der Waals surface area contributed by atoms with Crippen molar-refractivity contribution in [3.05, 3.63) is 40.3 Å². The first-order valence-electron chi connectivity index (χ1n) is 6.00. The molecule has 0 atom stereocenters. The number of nitrogens with zero attached hydrogens (tertiary/aromatic N) is 2. The Morgan fingerprint density at radius 3 is 2.20 bits per heavy atom. The van der Waals surface area contributed by atoms with Crippen LogP contribution >= 0.6 is 11.6 Å². The highest BCUT2D eigenvalue weighted by Gasteiger charge is 2.23. The van der Waals surface area contributed by atoms with Gasteiger partial charge in [0, 0.05) is 7.05 Å². The fourth-order valence-corrected chi connectivity index (χ4v) is 3.73. The van der Waals surface area contributed by atoms with E-state index >= 15 is 0 Å². The Balaban J connectivity index is 2.47. The number of sulfonamides is 1. The van der Waals surface area contributed by atoms with E-state index < -0.39 is 10.0 Å². The molecule has 1 heterocycles. The van der Waals surface area contributed by atoms with E-state index in [4.69, 9.17) is 11.6 Å². The summed E-state index contributed by atoms with van der Waals surface area (Å²) in [4.78, 5) is 3.84. The van der Waals surface area contributed by atoms with Crippen LogP contribution in [0.3, 0.4) is 0 Å². The first-order chi connectivity index (χ1) is 9.22. The minimum atomic E-state index is -3.79. The topological polar surface area (TPSA) is 64.0 Å². The number of nitrogens with one attached hydrogen (secondary N) is 1. The maximum absolute atomic E-state index is 12.4. The van der Waals surface area contributed by atoms with Gasteiger partial charge in [-0.1, -0.05) is 29.3 Å². The quantitative estimate of drug-likeness (QED) is 0.947. The molecule has 0 saturated heterocycles. The average Bonchev–Trinajstić information content (AvgIpc) is 2.65. The van der Waals surface area contributed by atoms with Gasteiger partial charge in [-0.25, -0.2) is 4.98 Å². The molecule has 108 valence electrons. The molecule has 1 aromatic carbocycles. The smallest absolute Gasteiger partial charge is 0.282 e. The Morgan fingerprint density at radius 2 is 1.75 bits per heavy atom. The Labute approximate surface area is 123 Å². The molecule has 0 saturated carbocycles. The summed E-state index contributed by atoms with van der Waals surface area (Å²) in [5.41, 5.74) is 3.37. The van der Waals surface area contributed by atoms with Crippen molar-refractivity contribution in [3.63, 3.8) is 0 Å². The lowest BCUT2D eigenvalue weighted by atomic mass is 10.1. The number of rotatable bonds is 3. The molecule has 0 aliphatic rings. The third kappa shape index (κ3) is 2.66. The van der Waals surface area contributed by atoms with Crippen molar-refractivity contribution < 1.29 is 8.42 Å². The maximum Gasteiger partial charge on any atom is 0.282 e. The second-order valence-corrected chi connectivity index (χ2v) is 6.79. The van der Waals surface area contributed by atoms with Crippen molar-refractivity contribution in [1.82, 2.24) is 9.55 Å². The number of aromatic nitrogens is 2. The molecule has 5 nitrogen and oxygen atoms in total. The highest BCUT2D eigenvalue weighted by atomic mass is 35.5. The molecule has 0 bridgehead atoms. The molecule has 0 fully saturated rings. The largest absolute Gasteiger partial charge is 0.324 e. The monoisotopic (exact) mass is 313 g/mol. The molecular weight excluding hydrogens is 298 g/mol. The first kappa shape index (κ1) is 14.9. The van der Waals surface area contributed by atoms with Crippen LogP contribution in [0.1, 0.15) is 16.7 Å². The summed E-state index contributed by atoms with van der Waals surface area (Å²) in [5.74, 6) is 0. The van der Waals surface area contributed by atoms with Crippen LogP contribution in [0.2, 0.25) is 5.15 Å². The van der Waals surface area contributed by atoms with Gasteiger partial charge in [0.25, 0.3) is 10.0 Å². The van der Waals surface area contributed by atoms with Gasteiger partial charge in [0.1, 0.15) is 5.15 Å². The van der Waals surface area contributed by atoms with Gasteiger partial charge in [-0.2, -0.15) is 8.42 Å². The molecule has 0 aliphatic heterocycles. The summed E-state index contributed by atoms with van der Waals surface area (Å²) in [6.07, 6.45) is 1.37. The number of imidazole rings is 1. The minimum absolute atomic E-state index is 0.0833. The van der Waals surface area contributed by atoms with Gasteiger partial charge in [-0.05, 0) is 31.9 Å². The summed E-state index contributed by atoms with van der Waals surface area (Å²) in [6.45, 7) is 5.68. The van der Waals surface area contributed by atoms with Gasteiger partial charge in [-0.3, -0.25) is 4.72 Å². The van der Waals surface area contributed by atoms with Crippen LogP contribution in [-0.4, -0.2) is 18.0 Å². The average molecular weight is 314 g/mol. The predicted molar refractivity (Wildman–Crippen MR) is 79.7 cm³/mol. The van der Waals surface area contributed by atoms with E-state index in [2.05, 4.69) is 9.71 Å². The van der Waals surface area contributed by atoms with E-state index in [1.807, 2.05) is 32.9 Å². The standard InChI is InChI=1S/C13H16ClN3O2S/c1-8-5-9(2)11(10(3)6-8)16-20(18,19)13-12(14)17(4)7-15-13/h5-7,16H,1-4H3. The van der Waals surface area contributed by atoms with Crippen LogP contribution in [0.15, 0.2) is 23.5 Å². The molecule has 0 amide bonds. The van der Waals surface area contributed by atoms with Crippen LogP contribution < -0.4 is 4.72 Å². The molecule has 0 unspecified atom stereocenters. The number of benzene rings is 1. The second kappa shape index (κ2) is 5.10. The van der Waals surface area contributed by atoms with E-state index in [9.17, 15) is 8.42 Å². The van der Waals surface area contributed by atoms with Crippen molar-refractivity contribution >= 4 is 27.3 Å². The highest BCUT2D eigenvalue weighted by Crippen LogP contribution is 2.26. The van der Waals surface area contributed by atoms with E-state index in [1.165, 1.54) is 10.9 Å². The molecule has 2 aromatic rings. The van der Waals surface area contributed by atoms with Gasteiger partial charge < -0.3 is 4.57 Å². The Bertz CT molecular complexity index is 743. The summed E-state index contributed by atoms with van der Waals surface area (Å²) >= 11 is 5.95. The molecule has 0 spiro atoms. The predicted octanol–water partition coefficient (Wildman–Crippen LogP) is 2.80. The van der Waals surface area contributed by atoms with E-state index in [1.54, 1.807) is 7.05 Å². The van der Waals surface area contributed by atoms with E-state index in [0.717, 1.165) is 16.7 Å². The minimum Gasteiger partial charge on any atom is -0.324 e. The zero-order chi connectivity index (χ0) is 15.1. The summed E-state index contributed by atoms with van der Waals surface area (Å²) < 4.78 is 28.7. The molecular formula is C13H16ClN3O2S. The normalized spacial score (nSPS) is 11.7. The number of aryl methyl sites for hydroxylation is 4. The summed E-state index contributed by atoms with van der Waals surface area (Å²) in [6, 6.07) is 3.84. The Morgan fingerprint density at radius 1 is 1.20 bits per heavy atom. The van der Waals surface area contributed by atoms with E-state index in [-0.39, 0.29) is 10.2 Å². The van der Waals surface area contributed by atoms with Crippen molar-refractivity contribution in [1.29, 1.82) is 0 Å². The number of halogens is 1. The lowest BCUT2D eigenvalue weighted by Gasteiger charge is -2.13. The fraction of sp³-hybridized carbons (Fsp3) is 0.308. The van der Waals surface area contributed by atoms with Crippen LogP contribution in [0, 0.1) is 20.8 Å². The van der Waals surface area contributed by atoms with Gasteiger partial charge in [0.15, 0.2) is 0 Å². The number of hydrogen-bond acceptors (Lipinski definition) is 3. The van der Waals surface area contributed by atoms with Gasteiger partial charge in [-0.15, -0.1) is 0 Å². The molecule has 7 heteroatoms. The summed E-state index contributed by atoms with van der Waals surface area (Å²) in [7, 11) is -2.16. The van der Waals surface area contributed by atoms with Crippen molar-refractivity contribution in [2.24, 2.45) is 7.05 Å². The zero-order valence-electron chi connectivity index (χ0n) is 11.7. The SMILES string of the molecule is Cc1cc(C)c(NS(=O)(=O)c2ncn(C)c2Cl)c(C)c1. The second-order valence-electron chi connectivity index (χ2n) is 4.83. The van der Waals surface area contributed by atoms with Crippen molar-refractivity contribution in [2.75, 3.05) is 4.72 Å². The lowest BCUT2D eigenvalue weighted by molar-refractivity contribution is 0.598. The molecule has 1 aromatic heterocycles. The van der Waals surface area contributed by atoms with Gasteiger partial charge in [0.05, 0.1) is 12.0 Å². The first-order valence-corrected chi connectivity index (χ1v) is 7.86. The van der Waals surface area contributed by atoms with Gasteiger partial charge >= 0.3 is 0 Å². The van der Waals surface area contributed by atoms with Crippen molar-refractivity contribution in [3.8, 4) is 0 Å². The lowest BCUT2D eigenvalue weighted by Crippen LogP contribution is -2.16. The van der Waals surface area contributed by atoms with E-state index in [0.29, 0.717) is 5.69 Å².